The van der Waals surface area contributed by atoms with Gasteiger partial charge in [0.05, 0.1) is 6.10 Å². The van der Waals surface area contributed by atoms with Crippen LogP contribution in [0.2, 0.25) is 0 Å². The number of carbonyl (C=O) groups is 2. The molecule has 164 valence electrons. The number of ether oxygens (including phenoxy) is 3. The number of rotatable bonds is 6. The lowest BCUT2D eigenvalue weighted by Crippen LogP contribution is -2.48. The van der Waals surface area contributed by atoms with Crippen molar-refractivity contribution in [2.45, 2.75) is 51.8 Å². The van der Waals surface area contributed by atoms with Crippen molar-refractivity contribution in [3.05, 3.63) is 53.6 Å². The van der Waals surface area contributed by atoms with Crippen LogP contribution in [0.25, 0.3) is 0 Å². The van der Waals surface area contributed by atoms with E-state index in [1.807, 2.05) is 38.1 Å². The van der Waals surface area contributed by atoms with Gasteiger partial charge in [0.25, 0.3) is 5.91 Å². The Morgan fingerprint density at radius 3 is 2.68 bits per heavy atom. The minimum absolute atomic E-state index is 0.0876. The molecule has 7 nitrogen and oxygen atoms in total. The third-order valence-electron chi connectivity index (χ3n) is 5.41. The lowest BCUT2D eigenvalue weighted by Gasteiger charge is -2.30. The summed E-state index contributed by atoms with van der Waals surface area (Å²) in [4.78, 5) is 28.0. The summed E-state index contributed by atoms with van der Waals surface area (Å²) in [6.45, 7) is 5.07. The molecule has 2 aliphatic rings. The Hall–Kier alpha value is -3.22. The topological polar surface area (TPSA) is 77.1 Å². The van der Waals surface area contributed by atoms with Crippen LogP contribution >= 0.6 is 0 Å². The fourth-order valence-corrected chi connectivity index (χ4v) is 3.88. The lowest BCUT2D eigenvalue weighted by atomic mass is 10.0. The van der Waals surface area contributed by atoms with Gasteiger partial charge >= 0.3 is 0 Å². The summed E-state index contributed by atoms with van der Waals surface area (Å²) in [6.07, 6.45) is 2.52. The lowest BCUT2D eigenvalue weighted by molar-refractivity contribution is -0.125. The Kier molecular flexibility index (Phi) is 6.30. The summed E-state index contributed by atoms with van der Waals surface area (Å²) in [6, 6.07) is 12.3. The quantitative estimate of drug-likeness (QED) is 0.768. The van der Waals surface area contributed by atoms with E-state index in [1.54, 1.807) is 23.1 Å². The first-order chi connectivity index (χ1) is 15.0. The maximum Gasteiger partial charge on any atom is 0.254 e. The van der Waals surface area contributed by atoms with E-state index < -0.39 is 6.04 Å². The summed E-state index contributed by atoms with van der Waals surface area (Å²) in [7, 11) is 0. The van der Waals surface area contributed by atoms with Gasteiger partial charge in [-0.3, -0.25) is 9.59 Å². The zero-order valence-electron chi connectivity index (χ0n) is 17.9. The summed E-state index contributed by atoms with van der Waals surface area (Å²) in [5, 5.41) is 2.94. The van der Waals surface area contributed by atoms with Gasteiger partial charge in [-0.05, 0) is 69.0 Å². The number of hydrogen-bond donors (Lipinski definition) is 1. The molecule has 2 aromatic carbocycles. The van der Waals surface area contributed by atoms with Crippen LogP contribution in [0.1, 0.15) is 49.0 Å². The van der Waals surface area contributed by atoms with Crippen molar-refractivity contribution < 1.29 is 23.8 Å². The molecule has 2 amide bonds. The molecule has 1 fully saturated rings. The first-order valence-corrected chi connectivity index (χ1v) is 10.7. The van der Waals surface area contributed by atoms with Crippen LogP contribution in [0.4, 0.5) is 0 Å². The zero-order chi connectivity index (χ0) is 21.8. The highest BCUT2D eigenvalue weighted by molar-refractivity contribution is 5.98. The van der Waals surface area contributed by atoms with E-state index in [2.05, 4.69) is 5.32 Å². The number of nitrogens with zero attached hydrogens (tertiary/aromatic N) is 1. The molecule has 7 heteroatoms. The standard InChI is InChI=1S/C24H28N2O5/c1-16(2)31-19-9-6-17(7-10-19)14-26(20-5-3-4-12-25-23(20)27)24(28)18-8-11-21-22(13-18)30-15-29-21/h6-11,13,16,20H,3-5,12,14-15H2,1-2H3,(H,25,27)/t20-/m0/s1. The number of fused-ring (bicyclic) bond motifs is 1. The maximum absolute atomic E-state index is 13.5. The number of benzene rings is 2. The number of carbonyl (C=O) groups excluding carboxylic acids is 2. The number of hydrogen-bond acceptors (Lipinski definition) is 5. The van der Waals surface area contributed by atoms with Crippen LogP contribution in [0.5, 0.6) is 17.2 Å². The predicted octanol–water partition coefficient (Wildman–Crippen LogP) is 3.51. The second-order valence-corrected chi connectivity index (χ2v) is 8.11. The van der Waals surface area contributed by atoms with Crippen LogP contribution in [-0.4, -0.2) is 42.2 Å². The molecular formula is C24H28N2O5. The summed E-state index contributed by atoms with van der Waals surface area (Å²) in [5.41, 5.74) is 1.41. The maximum atomic E-state index is 13.5. The van der Waals surface area contributed by atoms with Gasteiger partial charge in [-0.1, -0.05) is 12.1 Å². The minimum atomic E-state index is -0.521. The Bertz CT molecular complexity index is 941. The first kappa shape index (κ1) is 21.0. The largest absolute Gasteiger partial charge is 0.491 e. The summed E-state index contributed by atoms with van der Waals surface area (Å²) >= 11 is 0. The predicted molar refractivity (Wildman–Crippen MR) is 115 cm³/mol. The number of nitrogens with one attached hydrogen (secondary N) is 1. The molecule has 0 aromatic heterocycles. The van der Waals surface area contributed by atoms with Crippen molar-refractivity contribution in [3.8, 4) is 17.2 Å². The van der Waals surface area contributed by atoms with Crippen molar-refractivity contribution in [1.29, 1.82) is 0 Å². The molecule has 0 radical (unpaired) electrons. The van der Waals surface area contributed by atoms with Crippen molar-refractivity contribution >= 4 is 11.8 Å². The molecule has 4 rings (SSSR count). The second-order valence-electron chi connectivity index (χ2n) is 8.11. The molecule has 0 aliphatic carbocycles. The third kappa shape index (κ3) is 4.93. The van der Waals surface area contributed by atoms with Crippen molar-refractivity contribution in [3.63, 3.8) is 0 Å². The van der Waals surface area contributed by atoms with Gasteiger partial charge in [0.1, 0.15) is 11.8 Å². The highest BCUT2D eigenvalue weighted by Crippen LogP contribution is 2.33. The molecule has 1 N–H and O–H groups in total. The van der Waals surface area contributed by atoms with Gasteiger partial charge < -0.3 is 24.4 Å². The Morgan fingerprint density at radius 1 is 1.13 bits per heavy atom. The van der Waals surface area contributed by atoms with Crippen LogP contribution in [-0.2, 0) is 11.3 Å². The smallest absolute Gasteiger partial charge is 0.254 e. The van der Waals surface area contributed by atoms with Gasteiger partial charge in [0, 0.05) is 18.7 Å². The first-order valence-electron chi connectivity index (χ1n) is 10.7. The minimum Gasteiger partial charge on any atom is -0.491 e. The monoisotopic (exact) mass is 424 g/mol. The van der Waals surface area contributed by atoms with Gasteiger partial charge in [0.2, 0.25) is 12.7 Å². The van der Waals surface area contributed by atoms with E-state index in [0.29, 0.717) is 36.6 Å². The molecular weight excluding hydrogens is 396 g/mol. The Morgan fingerprint density at radius 2 is 1.90 bits per heavy atom. The van der Waals surface area contributed by atoms with E-state index in [4.69, 9.17) is 14.2 Å². The zero-order valence-corrected chi connectivity index (χ0v) is 17.9. The molecule has 2 heterocycles. The van der Waals surface area contributed by atoms with Gasteiger partial charge in [-0.25, -0.2) is 0 Å². The fraction of sp³-hybridized carbons (Fsp3) is 0.417. The van der Waals surface area contributed by atoms with Crippen LogP contribution < -0.4 is 19.5 Å². The highest BCUT2D eigenvalue weighted by atomic mass is 16.7. The highest BCUT2D eigenvalue weighted by Gasteiger charge is 2.32. The SMILES string of the molecule is CC(C)Oc1ccc(CN(C(=O)c2ccc3c(c2)OCO3)[C@H]2CCCCNC2=O)cc1. The molecule has 0 unspecified atom stereocenters. The average Bonchev–Trinajstić information content (AvgIpc) is 3.13. The molecule has 1 saturated heterocycles. The van der Waals surface area contributed by atoms with E-state index in [-0.39, 0.29) is 24.7 Å². The van der Waals surface area contributed by atoms with Gasteiger partial charge in [-0.2, -0.15) is 0 Å². The van der Waals surface area contributed by atoms with Gasteiger partial charge in [-0.15, -0.1) is 0 Å². The molecule has 2 aromatic rings. The fourth-order valence-electron chi connectivity index (χ4n) is 3.88. The van der Waals surface area contributed by atoms with Crippen LogP contribution in [0, 0.1) is 0 Å². The van der Waals surface area contributed by atoms with E-state index in [1.165, 1.54) is 0 Å². The molecule has 0 bridgehead atoms. The molecule has 31 heavy (non-hydrogen) atoms. The normalized spacial score (nSPS) is 17.8. The van der Waals surface area contributed by atoms with Crippen LogP contribution in [0.3, 0.4) is 0 Å². The van der Waals surface area contributed by atoms with Crippen LogP contribution in [0.15, 0.2) is 42.5 Å². The van der Waals surface area contributed by atoms with E-state index >= 15 is 0 Å². The van der Waals surface area contributed by atoms with Crippen molar-refractivity contribution in [1.82, 2.24) is 10.2 Å². The van der Waals surface area contributed by atoms with E-state index in [9.17, 15) is 9.59 Å². The third-order valence-corrected chi connectivity index (χ3v) is 5.41. The molecule has 0 saturated carbocycles. The number of amides is 2. The second kappa shape index (κ2) is 9.29. The average molecular weight is 424 g/mol. The summed E-state index contributed by atoms with van der Waals surface area (Å²) in [5.74, 6) is 1.64. The van der Waals surface area contributed by atoms with Gasteiger partial charge in [0.15, 0.2) is 11.5 Å². The molecule has 0 spiro atoms. The molecule has 2 aliphatic heterocycles. The Balaban J connectivity index is 1.61. The molecule has 1 atom stereocenters. The van der Waals surface area contributed by atoms with Crippen molar-refractivity contribution in [2.24, 2.45) is 0 Å². The summed E-state index contributed by atoms with van der Waals surface area (Å²) < 4.78 is 16.5. The Labute approximate surface area is 182 Å². The van der Waals surface area contributed by atoms with Crippen molar-refractivity contribution in [2.75, 3.05) is 13.3 Å². The van der Waals surface area contributed by atoms with E-state index in [0.717, 1.165) is 24.2 Å².